The highest BCUT2D eigenvalue weighted by Gasteiger charge is 2.17. The van der Waals surface area contributed by atoms with Gasteiger partial charge in [-0.05, 0) is 24.5 Å². The van der Waals surface area contributed by atoms with Gasteiger partial charge in [-0.25, -0.2) is 0 Å². The second kappa shape index (κ2) is 5.49. The summed E-state index contributed by atoms with van der Waals surface area (Å²) in [6, 6.07) is 6.96. The van der Waals surface area contributed by atoms with E-state index in [1.807, 2.05) is 12.2 Å². The molecule has 94 valence electrons. The molecule has 2 N–H and O–H groups in total. The van der Waals surface area contributed by atoms with E-state index in [4.69, 9.17) is 5.11 Å². The Morgan fingerprint density at radius 1 is 1.22 bits per heavy atom. The minimum absolute atomic E-state index is 0.132. The molecule has 4 nitrogen and oxygen atoms in total. The molecule has 0 atom stereocenters. The van der Waals surface area contributed by atoms with Crippen LogP contribution in [0, 0.1) is 0 Å². The Labute approximate surface area is 105 Å². The van der Waals surface area contributed by atoms with Gasteiger partial charge in [0.15, 0.2) is 0 Å². The van der Waals surface area contributed by atoms with Gasteiger partial charge in [0, 0.05) is 11.6 Å². The number of carboxylic acids is 1. The van der Waals surface area contributed by atoms with Crippen LogP contribution >= 0.6 is 0 Å². The number of rotatable bonds is 4. The Bertz CT molecular complexity index is 486. The number of hydrogen-bond donors (Lipinski definition) is 2. The van der Waals surface area contributed by atoms with Crippen molar-refractivity contribution >= 4 is 11.9 Å². The first kappa shape index (κ1) is 12.4. The molecule has 0 spiro atoms. The van der Waals surface area contributed by atoms with Gasteiger partial charge in [-0.1, -0.05) is 30.4 Å². The average Bonchev–Trinajstić information content (AvgIpc) is 2.81. The predicted molar refractivity (Wildman–Crippen MR) is 67.4 cm³/mol. The molecule has 1 aliphatic carbocycles. The topological polar surface area (TPSA) is 66.4 Å². The molecule has 0 heterocycles. The van der Waals surface area contributed by atoms with Crippen molar-refractivity contribution < 1.29 is 14.7 Å². The van der Waals surface area contributed by atoms with Crippen molar-refractivity contribution in [2.45, 2.75) is 25.3 Å². The molecule has 0 saturated carbocycles. The predicted octanol–water partition coefficient (Wildman–Crippen LogP) is 1.76. The molecule has 1 aromatic rings. The summed E-state index contributed by atoms with van der Waals surface area (Å²) in [7, 11) is 0. The number of benzene rings is 1. The lowest BCUT2D eigenvalue weighted by Gasteiger charge is -2.13. The normalized spacial score (nSPS) is 14.7. The second-order valence-electron chi connectivity index (χ2n) is 4.34. The number of aliphatic carboxylic acids is 1. The van der Waals surface area contributed by atoms with Crippen molar-refractivity contribution in [3.8, 4) is 0 Å². The number of carboxylic acid groups (broad SMARTS) is 1. The van der Waals surface area contributed by atoms with Crippen LogP contribution < -0.4 is 5.32 Å². The van der Waals surface area contributed by atoms with Gasteiger partial charge in [-0.3, -0.25) is 9.59 Å². The van der Waals surface area contributed by atoms with E-state index in [2.05, 4.69) is 5.32 Å². The summed E-state index contributed by atoms with van der Waals surface area (Å²) in [6.45, 7) is 0. The highest BCUT2D eigenvalue weighted by Crippen LogP contribution is 2.13. The first-order chi connectivity index (χ1) is 8.66. The summed E-state index contributed by atoms with van der Waals surface area (Å²) in [6.07, 6.45) is 5.62. The summed E-state index contributed by atoms with van der Waals surface area (Å²) < 4.78 is 0. The molecule has 0 radical (unpaired) electrons. The molecule has 1 amide bonds. The SMILES string of the molecule is O=C(O)Cc1ccccc1C(=O)NC1CC=CC1. The van der Waals surface area contributed by atoms with Gasteiger partial charge in [0.05, 0.1) is 6.42 Å². The molecule has 0 saturated heterocycles. The van der Waals surface area contributed by atoms with E-state index in [0.29, 0.717) is 11.1 Å². The molecule has 0 bridgehead atoms. The van der Waals surface area contributed by atoms with Crippen molar-refractivity contribution in [1.29, 1.82) is 0 Å². The minimum Gasteiger partial charge on any atom is -0.481 e. The van der Waals surface area contributed by atoms with Crippen LogP contribution in [0.2, 0.25) is 0 Å². The Balaban J connectivity index is 2.11. The molecule has 18 heavy (non-hydrogen) atoms. The first-order valence-corrected chi connectivity index (χ1v) is 5.92. The summed E-state index contributed by atoms with van der Waals surface area (Å²) in [5.74, 6) is -1.13. The number of amides is 1. The van der Waals surface area contributed by atoms with Crippen molar-refractivity contribution in [2.75, 3.05) is 0 Å². The molecule has 0 aromatic heterocycles. The monoisotopic (exact) mass is 245 g/mol. The van der Waals surface area contributed by atoms with E-state index in [1.54, 1.807) is 24.3 Å². The Hall–Kier alpha value is -2.10. The fourth-order valence-corrected chi connectivity index (χ4v) is 2.06. The summed E-state index contributed by atoms with van der Waals surface area (Å²) in [5.41, 5.74) is 1.00. The third kappa shape index (κ3) is 2.97. The maximum atomic E-state index is 12.1. The maximum absolute atomic E-state index is 12.1. The van der Waals surface area contributed by atoms with Gasteiger partial charge in [0.2, 0.25) is 0 Å². The molecule has 0 unspecified atom stereocenters. The molecule has 2 rings (SSSR count). The summed E-state index contributed by atoms with van der Waals surface area (Å²) in [5, 5.41) is 11.7. The van der Waals surface area contributed by atoms with E-state index in [-0.39, 0.29) is 18.4 Å². The van der Waals surface area contributed by atoms with E-state index in [0.717, 1.165) is 12.8 Å². The molecular formula is C14H15NO3. The van der Waals surface area contributed by atoms with Crippen LogP contribution in [0.3, 0.4) is 0 Å². The van der Waals surface area contributed by atoms with Crippen LogP contribution in [0.15, 0.2) is 36.4 Å². The zero-order valence-electron chi connectivity index (χ0n) is 9.93. The maximum Gasteiger partial charge on any atom is 0.307 e. The van der Waals surface area contributed by atoms with Crippen LogP contribution in [0.4, 0.5) is 0 Å². The van der Waals surface area contributed by atoms with E-state index in [1.165, 1.54) is 0 Å². The van der Waals surface area contributed by atoms with Crippen molar-refractivity contribution in [3.05, 3.63) is 47.5 Å². The molecule has 0 aliphatic heterocycles. The molecular weight excluding hydrogens is 230 g/mol. The van der Waals surface area contributed by atoms with E-state index >= 15 is 0 Å². The molecule has 0 fully saturated rings. The van der Waals surface area contributed by atoms with Crippen LogP contribution in [0.1, 0.15) is 28.8 Å². The van der Waals surface area contributed by atoms with Crippen LogP contribution in [0.5, 0.6) is 0 Å². The summed E-state index contributed by atoms with van der Waals surface area (Å²) >= 11 is 0. The van der Waals surface area contributed by atoms with Crippen molar-refractivity contribution in [3.63, 3.8) is 0 Å². The summed E-state index contributed by atoms with van der Waals surface area (Å²) in [4.78, 5) is 22.8. The number of nitrogens with one attached hydrogen (secondary N) is 1. The van der Waals surface area contributed by atoms with Gasteiger partial charge in [0.1, 0.15) is 0 Å². The average molecular weight is 245 g/mol. The fraction of sp³-hybridized carbons (Fsp3) is 0.286. The Kier molecular flexibility index (Phi) is 3.77. The number of hydrogen-bond acceptors (Lipinski definition) is 2. The molecule has 1 aliphatic rings. The smallest absolute Gasteiger partial charge is 0.307 e. The van der Waals surface area contributed by atoms with Gasteiger partial charge < -0.3 is 10.4 Å². The largest absolute Gasteiger partial charge is 0.481 e. The van der Waals surface area contributed by atoms with E-state index in [9.17, 15) is 9.59 Å². The van der Waals surface area contributed by atoms with Crippen LogP contribution in [-0.4, -0.2) is 23.0 Å². The lowest BCUT2D eigenvalue weighted by atomic mass is 10.0. The van der Waals surface area contributed by atoms with Crippen LogP contribution in [-0.2, 0) is 11.2 Å². The first-order valence-electron chi connectivity index (χ1n) is 5.92. The second-order valence-corrected chi connectivity index (χ2v) is 4.34. The highest BCUT2D eigenvalue weighted by atomic mass is 16.4. The Morgan fingerprint density at radius 3 is 2.56 bits per heavy atom. The minimum atomic E-state index is -0.933. The lowest BCUT2D eigenvalue weighted by molar-refractivity contribution is -0.136. The van der Waals surface area contributed by atoms with Gasteiger partial charge in [-0.2, -0.15) is 0 Å². The third-order valence-corrected chi connectivity index (χ3v) is 2.95. The van der Waals surface area contributed by atoms with E-state index < -0.39 is 5.97 Å². The Morgan fingerprint density at radius 2 is 1.89 bits per heavy atom. The quantitative estimate of drug-likeness (QED) is 0.794. The molecule has 1 aromatic carbocycles. The number of carbonyl (C=O) groups excluding carboxylic acids is 1. The standard InChI is InChI=1S/C14H15NO3/c16-13(17)9-10-5-1-4-8-12(10)14(18)15-11-6-2-3-7-11/h1-5,8,11H,6-7,9H2,(H,15,18)(H,16,17). The number of carbonyl (C=O) groups is 2. The fourth-order valence-electron chi connectivity index (χ4n) is 2.06. The zero-order chi connectivity index (χ0) is 13.0. The van der Waals surface area contributed by atoms with Gasteiger partial charge in [-0.15, -0.1) is 0 Å². The highest BCUT2D eigenvalue weighted by molar-refractivity contribution is 5.96. The van der Waals surface area contributed by atoms with Gasteiger partial charge >= 0.3 is 5.97 Å². The zero-order valence-corrected chi connectivity index (χ0v) is 9.93. The van der Waals surface area contributed by atoms with Crippen molar-refractivity contribution in [2.24, 2.45) is 0 Å². The third-order valence-electron chi connectivity index (χ3n) is 2.95. The van der Waals surface area contributed by atoms with Gasteiger partial charge in [0.25, 0.3) is 5.91 Å². The lowest BCUT2D eigenvalue weighted by Crippen LogP contribution is -2.33. The van der Waals surface area contributed by atoms with Crippen molar-refractivity contribution in [1.82, 2.24) is 5.32 Å². The van der Waals surface area contributed by atoms with Crippen LogP contribution in [0.25, 0.3) is 0 Å². The molecule has 4 heteroatoms.